The van der Waals surface area contributed by atoms with Gasteiger partial charge in [-0.1, -0.05) is 59.3 Å². The molecule has 1 N–H and O–H groups in total. The highest BCUT2D eigenvalue weighted by atomic mass is 79.9. The summed E-state index contributed by atoms with van der Waals surface area (Å²) in [5, 5.41) is 3.71. The SMILES string of the molecule is CCCNC(Cc1ccccc1)c1cc(C)c(Br)cc1C. The maximum Gasteiger partial charge on any atom is 0.0363 e. The van der Waals surface area contributed by atoms with Gasteiger partial charge in [-0.3, -0.25) is 0 Å². The Kier molecular flexibility index (Phi) is 6.01. The van der Waals surface area contributed by atoms with Crippen molar-refractivity contribution in [1.29, 1.82) is 0 Å². The van der Waals surface area contributed by atoms with Gasteiger partial charge >= 0.3 is 0 Å². The third-order valence-electron chi connectivity index (χ3n) is 3.85. The summed E-state index contributed by atoms with van der Waals surface area (Å²) in [6, 6.07) is 15.7. The van der Waals surface area contributed by atoms with Crippen molar-refractivity contribution in [3.63, 3.8) is 0 Å². The minimum absolute atomic E-state index is 0.374. The molecule has 2 rings (SSSR count). The first-order chi connectivity index (χ1) is 10.1. The molecule has 0 saturated carbocycles. The van der Waals surface area contributed by atoms with Gasteiger partial charge in [-0.05, 0) is 61.6 Å². The Morgan fingerprint density at radius 3 is 2.43 bits per heavy atom. The monoisotopic (exact) mass is 345 g/mol. The van der Waals surface area contributed by atoms with Crippen LogP contribution >= 0.6 is 15.9 Å². The van der Waals surface area contributed by atoms with Gasteiger partial charge < -0.3 is 5.32 Å². The standard InChI is InChI=1S/C19H24BrN/c1-4-10-21-19(13-16-8-6-5-7-9-16)17-11-15(3)18(20)12-14(17)2/h5-9,11-12,19,21H,4,10,13H2,1-3H3. The molecule has 112 valence electrons. The van der Waals surface area contributed by atoms with E-state index in [-0.39, 0.29) is 0 Å². The second-order valence-corrected chi connectivity index (χ2v) is 6.51. The zero-order valence-electron chi connectivity index (χ0n) is 13.1. The molecule has 0 spiro atoms. The molecule has 2 aromatic rings. The number of hydrogen-bond donors (Lipinski definition) is 1. The van der Waals surface area contributed by atoms with Crippen molar-refractivity contribution in [2.24, 2.45) is 0 Å². The fourth-order valence-electron chi connectivity index (χ4n) is 2.64. The molecule has 0 aromatic heterocycles. The Morgan fingerprint density at radius 1 is 1.05 bits per heavy atom. The van der Waals surface area contributed by atoms with Crippen LogP contribution in [0.25, 0.3) is 0 Å². The van der Waals surface area contributed by atoms with E-state index in [1.807, 2.05) is 0 Å². The van der Waals surface area contributed by atoms with Crippen LogP contribution < -0.4 is 5.32 Å². The lowest BCUT2D eigenvalue weighted by Gasteiger charge is -2.22. The molecule has 0 fully saturated rings. The van der Waals surface area contributed by atoms with E-state index in [9.17, 15) is 0 Å². The molecule has 2 aromatic carbocycles. The van der Waals surface area contributed by atoms with E-state index < -0.39 is 0 Å². The van der Waals surface area contributed by atoms with Gasteiger partial charge in [0.15, 0.2) is 0 Å². The third-order valence-corrected chi connectivity index (χ3v) is 4.70. The smallest absolute Gasteiger partial charge is 0.0363 e. The molecular weight excluding hydrogens is 322 g/mol. The summed E-state index contributed by atoms with van der Waals surface area (Å²) in [7, 11) is 0. The predicted molar refractivity (Wildman–Crippen MR) is 94.8 cm³/mol. The second-order valence-electron chi connectivity index (χ2n) is 5.65. The summed E-state index contributed by atoms with van der Waals surface area (Å²) in [5.41, 5.74) is 5.43. The van der Waals surface area contributed by atoms with E-state index in [1.54, 1.807) is 0 Å². The normalized spacial score (nSPS) is 12.4. The van der Waals surface area contributed by atoms with Crippen LogP contribution in [0.2, 0.25) is 0 Å². The summed E-state index contributed by atoms with van der Waals surface area (Å²) >= 11 is 3.63. The van der Waals surface area contributed by atoms with Gasteiger partial charge in [-0.15, -0.1) is 0 Å². The number of rotatable bonds is 6. The van der Waals surface area contributed by atoms with Crippen LogP contribution in [0.1, 0.15) is 41.6 Å². The fraction of sp³-hybridized carbons (Fsp3) is 0.368. The maximum atomic E-state index is 3.71. The molecule has 1 nitrogen and oxygen atoms in total. The topological polar surface area (TPSA) is 12.0 Å². The number of halogens is 1. The van der Waals surface area contributed by atoms with E-state index in [0.29, 0.717) is 6.04 Å². The Morgan fingerprint density at radius 2 is 1.76 bits per heavy atom. The van der Waals surface area contributed by atoms with Crippen LogP contribution in [0.15, 0.2) is 46.9 Å². The summed E-state index contributed by atoms with van der Waals surface area (Å²) < 4.78 is 1.19. The summed E-state index contributed by atoms with van der Waals surface area (Å²) in [5.74, 6) is 0. The van der Waals surface area contributed by atoms with Crippen molar-refractivity contribution in [2.45, 2.75) is 39.7 Å². The highest BCUT2D eigenvalue weighted by Gasteiger charge is 2.15. The van der Waals surface area contributed by atoms with Crippen LogP contribution in [-0.2, 0) is 6.42 Å². The molecule has 0 amide bonds. The quantitative estimate of drug-likeness (QED) is 0.743. The molecule has 1 atom stereocenters. The minimum atomic E-state index is 0.374. The van der Waals surface area contributed by atoms with Crippen molar-refractivity contribution in [3.8, 4) is 0 Å². The Hall–Kier alpha value is -1.12. The largest absolute Gasteiger partial charge is 0.310 e. The van der Waals surface area contributed by atoms with E-state index in [1.165, 1.54) is 26.7 Å². The molecule has 0 aliphatic carbocycles. The Balaban J connectivity index is 2.29. The lowest BCUT2D eigenvalue weighted by molar-refractivity contribution is 0.527. The van der Waals surface area contributed by atoms with Crippen LogP contribution in [0.3, 0.4) is 0 Å². The van der Waals surface area contributed by atoms with Crippen LogP contribution in [-0.4, -0.2) is 6.54 Å². The van der Waals surface area contributed by atoms with Gasteiger partial charge in [0.25, 0.3) is 0 Å². The minimum Gasteiger partial charge on any atom is -0.310 e. The second kappa shape index (κ2) is 7.77. The van der Waals surface area contributed by atoms with Crippen LogP contribution in [0, 0.1) is 13.8 Å². The van der Waals surface area contributed by atoms with Crippen molar-refractivity contribution < 1.29 is 0 Å². The third kappa shape index (κ3) is 4.42. The molecule has 0 bridgehead atoms. The van der Waals surface area contributed by atoms with E-state index in [4.69, 9.17) is 0 Å². The van der Waals surface area contributed by atoms with Crippen molar-refractivity contribution in [1.82, 2.24) is 5.32 Å². The van der Waals surface area contributed by atoms with Crippen molar-refractivity contribution in [2.75, 3.05) is 6.54 Å². The first-order valence-corrected chi connectivity index (χ1v) is 8.45. The molecule has 0 heterocycles. The summed E-state index contributed by atoms with van der Waals surface area (Å²) in [4.78, 5) is 0. The van der Waals surface area contributed by atoms with Crippen LogP contribution in [0.4, 0.5) is 0 Å². The highest BCUT2D eigenvalue weighted by molar-refractivity contribution is 9.10. The Bertz CT molecular complexity index is 578. The van der Waals surface area contributed by atoms with E-state index >= 15 is 0 Å². The lowest BCUT2D eigenvalue weighted by atomic mass is 9.94. The first kappa shape index (κ1) is 16.3. The molecular formula is C19H24BrN. The average Bonchev–Trinajstić information content (AvgIpc) is 2.48. The highest BCUT2D eigenvalue weighted by Crippen LogP contribution is 2.27. The molecule has 0 saturated heterocycles. The van der Waals surface area contributed by atoms with E-state index in [0.717, 1.165) is 19.4 Å². The van der Waals surface area contributed by atoms with E-state index in [2.05, 4.69) is 84.5 Å². The van der Waals surface area contributed by atoms with Crippen LogP contribution in [0.5, 0.6) is 0 Å². The zero-order valence-corrected chi connectivity index (χ0v) is 14.7. The number of hydrogen-bond acceptors (Lipinski definition) is 1. The van der Waals surface area contributed by atoms with Gasteiger partial charge in [0, 0.05) is 10.5 Å². The van der Waals surface area contributed by atoms with Gasteiger partial charge in [0.2, 0.25) is 0 Å². The van der Waals surface area contributed by atoms with Gasteiger partial charge in [0.1, 0.15) is 0 Å². The first-order valence-electron chi connectivity index (χ1n) is 7.65. The fourth-order valence-corrected chi connectivity index (χ4v) is 3.10. The summed E-state index contributed by atoms with van der Waals surface area (Å²) in [6.07, 6.45) is 2.18. The molecule has 0 aliphatic heterocycles. The lowest BCUT2D eigenvalue weighted by Crippen LogP contribution is -2.25. The molecule has 0 radical (unpaired) electrons. The number of aryl methyl sites for hydroxylation is 2. The van der Waals surface area contributed by atoms with Crippen molar-refractivity contribution >= 4 is 15.9 Å². The number of benzene rings is 2. The maximum absolute atomic E-state index is 3.71. The molecule has 1 unspecified atom stereocenters. The molecule has 21 heavy (non-hydrogen) atoms. The molecule has 2 heteroatoms. The summed E-state index contributed by atoms with van der Waals surface area (Å²) in [6.45, 7) is 7.62. The predicted octanol–water partition coefficient (Wildman–Crippen LogP) is 5.35. The number of nitrogens with one attached hydrogen (secondary N) is 1. The zero-order chi connectivity index (χ0) is 15.2. The molecule has 0 aliphatic rings. The van der Waals surface area contributed by atoms with Gasteiger partial charge in [-0.25, -0.2) is 0 Å². The Labute approximate surface area is 136 Å². The van der Waals surface area contributed by atoms with Gasteiger partial charge in [0.05, 0.1) is 0 Å². The van der Waals surface area contributed by atoms with Crippen molar-refractivity contribution in [3.05, 3.63) is 69.2 Å². The average molecular weight is 346 g/mol. The van der Waals surface area contributed by atoms with Gasteiger partial charge in [-0.2, -0.15) is 0 Å².